The average Bonchev–Trinajstić information content (AvgIpc) is 2.77. The van der Waals surface area contributed by atoms with Crippen LogP contribution in [0.2, 0.25) is 0 Å². The number of primary amides is 1. The van der Waals surface area contributed by atoms with Gasteiger partial charge in [-0.2, -0.15) is 0 Å². The van der Waals surface area contributed by atoms with E-state index in [4.69, 9.17) is 17.2 Å². The fourth-order valence-corrected chi connectivity index (χ4v) is 5.24. The van der Waals surface area contributed by atoms with Gasteiger partial charge < -0.3 is 33.6 Å². The second-order valence-electron chi connectivity index (χ2n) is 7.68. The third-order valence-electron chi connectivity index (χ3n) is 4.86. The number of carbonyl (C=O) groups is 4. The number of nitrogen functional groups attached to an aromatic ring is 2. The Balaban J connectivity index is 0. The zero-order valence-electron chi connectivity index (χ0n) is 20.4. The van der Waals surface area contributed by atoms with E-state index in [0.717, 1.165) is 8.95 Å². The molecule has 2 aromatic rings. The number of ketones is 2. The van der Waals surface area contributed by atoms with Crippen LogP contribution in [0.1, 0.15) is 47.4 Å². The fourth-order valence-electron chi connectivity index (χ4n) is 2.79. The number of hydrogen-bond acceptors (Lipinski definition) is 8. The van der Waals surface area contributed by atoms with Crippen molar-refractivity contribution in [3.8, 4) is 0 Å². The Morgan fingerprint density at radius 1 is 0.784 bits per heavy atom. The zero-order chi connectivity index (χ0) is 27.0. The molecule has 0 heterocycles. The standard InChI is InChI=1S/C12H13Br2NO3.C11H12Br2N2O2.H3N.H2O/c1-6(12(17)18-2)3-10(16)8-4-7(13)5-9(14)11(8)15;1-5(11(15)17)2-9(16)7-3-6(12)4-8(13)10(7)14;;/h4-6H,3,15H2,1-2H3;3-5H,2,14H2,1H3,(H2,15,17);1H3;1H2. The average molecular weight is 778 g/mol. The number of ether oxygens (including phenoxy) is 1. The predicted molar refractivity (Wildman–Crippen MR) is 159 cm³/mol. The SMILES string of the molecule is CC(CC(=O)c1cc(Br)cc(Br)c1N)C(N)=O.COC(=O)C(C)CC(=O)c1cc(Br)cc(Br)c1N.N.O. The number of rotatable bonds is 8. The van der Waals surface area contributed by atoms with Crippen LogP contribution in [0.3, 0.4) is 0 Å². The van der Waals surface area contributed by atoms with Crippen LogP contribution in [0.4, 0.5) is 11.4 Å². The van der Waals surface area contributed by atoms with Gasteiger partial charge in [-0.1, -0.05) is 45.7 Å². The van der Waals surface area contributed by atoms with Gasteiger partial charge in [0, 0.05) is 47.8 Å². The Labute approximate surface area is 248 Å². The monoisotopic (exact) mass is 774 g/mol. The molecular formula is C23H30Br4N4O6. The molecule has 0 aliphatic carbocycles. The van der Waals surface area contributed by atoms with Gasteiger partial charge in [-0.05, 0) is 56.1 Å². The summed E-state index contributed by atoms with van der Waals surface area (Å²) in [6.07, 6.45) is 0.127. The molecule has 2 aromatic carbocycles. The number of carbonyl (C=O) groups excluding carboxylic acids is 4. The molecule has 206 valence electrons. The van der Waals surface area contributed by atoms with Crippen LogP contribution < -0.4 is 23.4 Å². The van der Waals surface area contributed by atoms with Crippen molar-refractivity contribution in [2.45, 2.75) is 26.7 Å². The van der Waals surface area contributed by atoms with E-state index in [9.17, 15) is 19.2 Å². The summed E-state index contributed by atoms with van der Waals surface area (Å²) in [6.45, 7) is 3.26. The fraction of sp³-hybridized carbons (Fsp3) is 0.304. The van der Waals surface area contributed by atoms with Gasteiger partial charge in [0.2, 0.25) is 5.91 Å². The molecule has 0 aliphatic rings. The molecular weight excluding hydrogens is 748 g/mol. The minimum absolute atomic E-state index is 0. The van der Waals surface area contributed by atoms with E-state index in [1.807, 2.05) is 0 Å². The maximum atomic E-state index is 12.1. The lowest BCUT2D eigenvalue weighted by Crippen LogP contribution is -2.23. The molecule has 0 saturated heterocycles. The molecule has 11 N–H and O–H groups in total. The zero-order valence-corrected chi connectivity index (χ0v) is 26.7. The smallest absolute Gasteiger partial charge is 0.308 e. The number of anilines is 2. The van der Waals surface area contributed by atoms with E-state index in [2.05, 4.69) is 68.5 Å². The number of nitrogens with two attached hydrogens (primary N) is 3. The van der Waals surface area contributed by atoms with Gasteiger partial charge in [-0.25, -0.2) is 0 Å². The van der Waals surface area contributed by atoms with E-state index in [0.29, 0.717) is 31.4 Å². The minimum atomic E-state index is -0.500. The lowest BCUT2D eigenvalue weighted by atomic mass is 9.98. The van der Waals surface area contributed by atoms with E-state index < -0.39 is 23.7 Å². The number of hydrogen-bond donors (Lipinski definition) is 4. The number of esters is 1. The van der Waals surface area contributed by atoms with Gasteiger partial charge in [-0.15, -0.1) is 0 Å². The lowest BCUT2D eigenvalue weighted by Gasteiger charge is -2.11. The van der Waals surface area contributed by atoms with E-state index >= 15 is 0 Å². The van der Waals surface area contributed by atoms with Gasteiger partial charge in [0.15, 0.2) is 11.6 Å². The Kier molecular flexibility index (Phi) is 17.0. The van der Waals surface area contributed by atoms with Crippen LogP contribution in [0.15, 0.2) is 42.2 Å². The Bertz CT molecular complexity index is 1150. The van der Waals surface area contributed by atoms with Gasteiger partial charge in [0.1, 0.15) is 0 Å². The van der Waals surface area contributed by atoms with Gasteiger partial charge in [0.05, 0.1) is 24.4 Å². The summed E-state index contributed by atoms with van der Waals surface area (Å²) >= 11 is 13.1. The van der Waals surface area contributed by atoms with Crippen molar-refractivity contribution in [2.24, 2.45) is 17.6 Å². The Hall–Kier alpha value is -1.84. The van der Waals surface area contributed by atoms with E-state index in [1.165, 1.54) is 7.11 Å². The quantitative estimate of drug-likeness (QED) is 0.162. The number of benzene rings is 2. The van der Waals surface area contributed by atoms with Crippen molar-refractivity contribution in [3.63, 3.8) is 0 Å². The van der Waals surface area contributed by atoms with Gasteiger partial charge in [-0.3, -0.25) is 19.2 Å². The second kappa shape index (κ2) is 16.9. The van der Waals surface area contributed by atoms with Crippen molar-refractivity contribution in [3.05, 3.63) is 53.3 Å². The molecule has 10 nitrogen and oxygen atoms in total. The molecule has 0 aliphatic heterocycles. The summed E-state index contributed by atoms with van der Waals surface area (Å²) in [5.41, 5.74) is 18.3. The normalized spacial score (nSPS) is 11.4. The highest BCUT2D eigenvalue weighted by Gasteiger charge is 2.21. The Morgan fingerprint density at radius 2 is 1.14 bits per heavy atom. The number of halogens is 4. The maximum Gasteiger partial charge on any atom is 0.308 e. The summed E-state index contributed by atoms with van der Waals surface area (Å²) in [6, 6.07) is 6.79. The first-order valence-electron chi connectivity index (χ1n) is 10.1. The molecule has 0 saturated carbocycles. The highest BCUT2D eigenvalue weighted by molar-refractivity contribution is 9.11. The maximum absolute atomic E-state index is 12.1. The van der Waals surface area contributed by atoms with Crippen LogP contribution in [0, 0.1) is 11.8 Å². The number of methoxy groups -OCH3 is 1. The van der Waals surface area contributed by atoms with Crippen molar-refractivity contribution in [1.29, 1.82) is 0 Å². The summed E-state index contributed by atoms with van der Waals surface area (Å²) in [5.74, 6) is -2.27. The molecule has 1 amide bonds. The summed E-state index contributed by atoms with van der Waals surface area (Å²) in [5, 5.41) is 0. The molecule has 0 aromatic heterocycles. The first kappa shape index (κ1) is 37.3. The van der Waals surface area contributed by atoms with Gasteiger partial charge >= 0.3 is 5.97 Å². The summed E-state index contributed by atoms with van der Waals surface area (Å²) in [4.78, 5) is 46.2. The lowest BCUT2D eigenvalue weighted by molar-refractivity contribution is -0.144. The first-order chi connectivity index (χ1) is 16.2. The second-order valence-corrected chi connectivity index (χ2v) is 11.2. The van der Waals surface area contributed by atoms with Crippen LogP contribution >= 0.6 is 63.7 Å². The molecule has 2 atom stereocenters. The van der Waals surface area contributed by atoms with Crippen LogP contribution in [0.25, 0.3) is 0 Å². The van der Waals surface area contributed by atoms with Crippen LogP contribution in [-0.4, -0.2) is 36.0 Å². The highest BCUT2D eigenvalue weighted by Crippen LogP contribution is 2.30. The molecule has 0 bridgehead atoms. The van der Waals surface area contributed by atoms with Crippen molar-refractivity contribution in [2.75, 3.05) is 18.6 Å². The topological polar surface area (TPSA) is 222 Å². The third kappa shape index (κ3) is 11.2. The molecule has 2 rings (SSSR count). The third-order valence-corrected chi connectivity index (χ3v) is 7.09. The summed E-state index contributed by atoms with van der Waals surface area (Å²) < 4.78 is 7.36. The Morgan fingerprint density at radius 3 is 1.46 bits per heavy atom. The molecule has 37 heavy (non-hydrogen) atoms. The molecule has 0 fully saturated rings. The van der Waals surface area contributed by atoms with Crippen LogP contribution in [-0.2, 0) is 14.3 Å². The van der Waals surface area contributed by atoms with Crippen molar-refractivity contribution < 1.29 is 29.4 Å². The number of Topliss-reactive ketones (excluding diaryl/α,β-unsaturated/α-hetero) is 2. The van der Waals surface area contributed by atoms with Crippen molar-refractivity contribution >= 4 is 98.5 Å². The minimum Gasteiger partial charge on any atom is -0.469 e. The summed E-state index contributed by atoms with van der Waals surface area (Å²) in [7, 11) is 1.30. The van der Waals surface area contributed by atoms with Gasteiger partial charge in [0.25, 0.3) is 0 Å². The molecule has 14 heteroatoms. The van der Waals surface area contributed by atoms with Crippen molar-refractivity contribution in [1.82, 2.24) is 6.15 Å². The van der Waals surface area contributed by atoms with E-state index in [1.54, 1.807) is 38.1 Å². The first-order valence-corrected chi connectivity index (χ1v) is 13.3. The largest absolute Gasteiger partial charge is 0.469 e. The predicted octanol–water partition coefficient (Wildman–Crippen LogP) is 5.00. The number of amides is 1. The van der Waals surface area contributed by atoms with E-state index in [-0.39, 0.29) is 36.0 Å². The van der Waals surface area contributed by atoms with Crippen LogP contribution in [0.5, 0.6) is 0 Å². The highest BCUT2D eigenvalue weighted by atomic mass is 79.9. The molecule has 0 radical (unpaired) electrons. The molecule has 0 spiro atoms. The molecule has 2 unspecified atom stereocenters.